The van der Waals surface area contributed by atoms with Gasteiger partial charge in [-0.2, -0.15) is 0 Å². The van der Waals surface area contributed by atoms with Crippen molar-refractivity contribution in [2.75, 3.05) is 5.32 Å². The first-order chi connectivity index (χ1) is 9.15. The molecule has 1 aromatic carbocycles. The predicted molar refractivity (Wildman–Crippen MR) is 76.6 cm³/mol. The van der Waals surface area contributed by atoms with Gasteiger partial charge in [-0.15, -0.1) is 11.3 Å². The molecule has 4 nitrogen and oxygen atoms in total. The van der Waals surface area contributed by atoms with E-state index in [1.165, 1.54) is 4.70 Å². The number of unbranched alkanes of at least 4 members (excludes halogenated alkanes) is 1. The molecule has 0 bridgehead atoms. The summed E-state index contributed by atoms with van der Waals surface area (Å²) in [5, 5.41) is 14.5. The lowest BCUT2D eigenvalue weighted by atomic mass is 10.2. The van der Waals surface area contributed by atoms with Crippen LogP contribution in [0, 0.1) is 0 Å². The highest BCUT2D eigenvalue weighted by atomic mass is 32.1. The van der Waals surface area contributed by atoms with E-state index in [0.29, 0.717) is 19.3 Å². The molecule has 100 valence electrons. The summed E-state index contributed by atoms with van der Waals surface area (Å²) >= 11 is 1.67. The van der Waals surface area contributed by atoms with Crippen molar-refractivity contribution in [3.8, 4) is 0 Å². The van der Waals surface area contributed by atoms with E-state index in [1.54, 1.807) is 11.3 Å². The quantitative estimate of drug-likeness (QED) is 0.794. The van der Waals surface area contributed by atoms with E-state index in [-0.39, 0.29) is 12.3 Å². The Morgan fingerprint density at radius 2 is 1.95 bits per heavy atom. The average molecular weight is 277 g/mol. The van der Waals surface area contributed by atoms with Gasteiger partial charge < -0.3 is 10.4 Å². The van der Waals surface area contributed by atoms with Gasteiger partial charge in [-0.05, 0) is 47.9 Å². The molecule has 0 saturated heterocycles. The summed E-state index contributed by atoms with van der Waals surface area (Å²) < 4.78 is 1.19. The van der Waals surface area contributed by atoms with Gasteiger partial charge in [-0.3, -0.25) is 9.59 Å². The van der Waals surface area contributed by atoms with Gasteiger partial charge in [0.05, 0.1) is 0 Å². The molecular weight excluding hydrogens is 262 g/mol. The Morgan fingerprint density at radius 1 is 1.16 bits per heavy atom. The minimum absolute atomic E-state index is 0.0695. The summed E-state index contributed by atoms with van der Waals surface area (Å²) in [7, 11) is 0. The summed E-state index contributed by atoms with van der Waals surface area (Å²) in [5.41, 5.74) is 0.786. The second-order valence-corrected chi connectivity index (χ2v) is 5.27. The van der Waals surface area contributed by atoms with Crippen molar-refractivity contribution in [2.45, 2.75) is 25.7 Å². The van der Waals surface area contributed by atoms with Crippen LogP contribution in [0.1, 0.15) is 25.7 Å². The minimum atomic E-state index is -0.816. The Bertz CT molecular complexity index is 591. The third-order valence-corrected chi connectivity index (χ3v) is 3.68. The molecule has 0 aliphatic rings. The van der Waals surface area contributed by atoms with Gasteiger partial charge >= 0.3 is 5.97 Å². The fourth-order valence-corrected chi connectivity index (χ4v) is 2.60. The van der Waals surface area contributed by atoms with Crippen LogP contribution >= 0.6 is 11.3 Å². The molecule has 0 aliphatic carbocycles. The van der Waals surface area contributed by atoms with E-state index >= 15 is 0 Å². The van der Waals surface area contributed by atoms with Crippen LogP contribution in [0.3, 0.4) is 0 Å². The molecule has 2 rings (SSSR count). The lowest BCUT2D eigenvalue weighted by Gasteiger charge is -2.05. The van der Waals surface area contributed by atoms with Crippen molar-refractivity contribution >= 4 is 39.0 Å². The maximum absolute atomic E-state index is 11.7. The molecule has 0 fully saturated rings. The van der Waals surface area contributed by atoms with Crippen LogP contribution < -0.4 is 5.32 Å². The zero-order valence-electron chi connectivity index (χ0n) is 10.4. The van der Waals surface area contributed by atoms with Crippen molar-refractivity contribution in [3.63, 3.8) is 0 Å². The highest BCUT2D eigenvalue weighted by Crippen LogP contribution is 2.24. The number of carbonyl (C=O) groups is 2. The summed E-state index contributed by atoms with van der Waals surface area (Å²) in [6.45, 7) is 0. The standard InChI is InChI=1S/C14H15NO3S/c16-13(3-1-2-4-14(17)18)15-11-5-6-12-10(9-11)7-8-19-12/h5-9H,1-4H2,(H,15,16)(H,17,18). The number of aliphatic carboxylic acids is 1. The second kappa shape index (κ2) is 6.33. The molecule has 1 aromatic heterocycles. The highest BCUT2D eigenvalue weighted by Gasteiger charge is 2.04. The Labute approximate surface area is 115 Å². The van der Waals surface area contributed by atoms with E-state index in [4.69, 9.17) is 5.11 Å². The van der Waals surface area contributed by atoms with Crippen LogP contribution in [0.4, 0.5) is 5.69 Å². The van der Waals surface area contributed by atoms with Crippen LogP contribution in [-0.4, -0.2) is 17.0 Å². The highest BCUT2D eigenvalue weighted by molar-refractivity contribution is 7.17. The summed E-state index contributed by atoms with van der Waals surface area (Å²) in [4.78, 5) is 22.0. The van der Waals surface area contributed by atoms with Gasteiger partial charge in [0.1, 0.15) is 0 Å². The molecule has 2 N–H and O–H groups in total. The van der Waals surface area contributed by atoms with Crippen LogP contribution in [0.25, 0.3) is 10.1 Å². The fraction of sp³-hybridized carbons (Fsp3) is 0.286. The molecule has 0 spiro atoms. The zero-order valence-corrected chi connectivity index (χ0v) is 11.2. The topological polar surface area (TPSA) is 66.4 Å². The van der Waals surface area contributed by atoms with Crippen LogP contribution in [-0.2, 0) is 9.59 Å². The Hall–Kier alpha value is -1.88. The normalized spacial score (nSPS) is 10.5. The van der Waals surface area contributed by atoms with E-state index < -0.39 is 5.97 Å². The third-order valence-electron chi connectivity index (χ3n) is 2.78. The lowest BCUT2D eigenvalue weighted by Crippen LogP contribution is -2.11. The molecule has 19 heavy (non-hydrogen) atoms. The van der Waals surface area contributed by atoms with Crippen molar-refractivity contribution in [1.82, 2.24) is 0 Å². The molecule has 0 atom stereocenters. The Balaban J connectivity index is 1.82. The number of anilines is 1. The van der Waals surface area contributed by atoms with E-state index in [2.05, 4.69) is 5.32 Å². The number of hydrogen-bond donors (Lipinski definition) is 2. The van der Waals surface area contributed by atoms with Gasteiger partial charge in [0, 0.05) is 23.2 Å². The Kier molecular flexibility index (Phi) is 4.52. The first kappa shape index (κ1) is 13.5. The SMILES string of the molecule is O=C(O)CCCCC(=O)Nc1ccc2sccc2c1. The second-order valence-electron chi connectivity index (χ2n) is 4.32. The molecule has 5 heteroatoms. The number of carboxylic acids is 1. The number of thiophene rings is 1. The van der Waals surface area contributed by atoms with E-state index in [0.717, 1.165) is 11.1 Å². The number of fused-ring (bicyclic) bond motifs is 1. The largest absolute Gasteiger partial charge is 0.481 e. The van der Waals surface area contributed by atoms with Crippen LogP contribution in [0.5, 0.6) is 0 Å². The molecule has 0 unspecified atom stereocenters. The molecule has 2 aromatic rings. The summed E-state index contributed by atoms with van der Waals surface area (Å²) in [6.07, 6.45) is 1.61. The van der Waals surface area contributed by atoms with Gasteiger partial charge in [-0.25, -0.2) is 0 Å². The molecule has 0 radical (unpaired) electrons. The maximum Gasteiger partial charge on any atom is 0.303 e. The Morgan fingerprint density at radius 3 is 2.74 bits per heavy atom. The van der Waals surface area contributed by atoms with Crippen molar-refractivity contribution in [2.24, 2.45) is 0 Å². The van der Waals surface area contributed by atoms with Crippen LogP contribution in [0.15, 0.2) is 29.6 Å². The number of amides is 1. The van der Waals surface area contributed by atoms with Crippen molar-refractivity contribution < 1.29 is 14.7 Å². The lowest BCUT2D eigenvalue weighted by molar-refractivity contribution is -0.137. The molecule has 0 aliphatic heterocycles. The van der Waals surface area contributed by atoms with Gasteiger partial charge in [0.15, 0.2) is 0 Å². The van der Waals surface area contributed by atoms with E-state index in [1.807, 2.05) is 29.6 Å². The maximum atomic E-state index is 11.7. The molecule has 0 saturated carbocycles. The number of carbonyl (C=O) groups excluding carboxylic acids is 1. The predicted octanol–water partition coefficient (Wildman–Crippen LogP) is 3.48. The van der Waals surface area contributed by atoms with E-state index in [9.17, 15) is 9.59 Å². The monoisotopic (exact) mass is 277 g/mol. The third kappa shape index (κ3) is 4.06. The zero-order chi connectivity index (χ0) is 13.7. The number of rotatable bonds is 6. The summed E-state index contributed by atoms with van der Waals surface area (Å²) in [5.74, 6) is -0.886. The first-order valence-corrected chi connectivity index (χ1v) is 7.02. The number of benzene rings is 1. The average Bonchev–Trinajstić information content (AvgIpc) is 2.82. The molecular formula is C14H15NO3S. The fourth-order valence-electron chi connectivity index (χ4n) is 1.83. The molecule has 1 heterocycles. The number of nitrogens with one attached hydrogen (secondary N) is 1. The van der Waals surface area contributed by atoms with Gasteiger partial charge in [0.2, 0.25) is 5.91 Å². The minimum Gasteiger partial charge on any atom is -0.481 e. The summed E-state index contributed by atoms with van der Waals surface area (Å²) in [6, 6.07) is 7.83. The van der Waals surface area contributed by atoms with Gasteiger partial charge in [-0.1, -0.05) is 0 Å². The van der Waals surface area contributed by atoms with Crippen molar-refractivity contribution in [1.29, 1.82) is 0 Å². The smallest absolute Gasteiger partial charge is 0.303 e. The van der Waals surface area contributed by atoms with Crippen molar-refractivity contribution in [3.05, 3.63) is 29.6 Å². The molecule has 1 amide bonds. The first-order valence-electron chi connectivity index (χ1n) is 6.14. The number of hydrogen-bond acceptors (Lipinski definition) is 3. The van der Waals surface area contributed by atoms with Gasteiger partial charge in [0.25, 0.3) is 0 Å². The van der Waals surface area contributed by atoms with Crippen LogP contribution in [0.2, 0.25) is 0 Å². The number of carboxylic acid groups (broad SMARTS) is 1.